The Balaban J connectivity index is 0.00000312. The van der Waals surface area contributed by atoms with Crippen LogP contribution in [0.5, 0.6) is 0 Å². The third-order valence-corrected chi connectivity index (χ3v) is 3.77. The molecule has 0 aliphatic rings. The van der Waals surface area contributed by atoms with Crippen LogP contribution in [0.15, 0.2) is 53.7 Å². The summed E-state index contributed by atoms with van der Waals surface area (Å²) < 4.78 is 0. The Morgan fingerprint density at radius 3 is 2.52 bits per heavy atom. The number of hydrogen-bond donors (Lipinski definition) is 2. The molecule has 3 N–H and O–H groups in total. The van der Waals surface area contributed by atoms with Crippen LogP contribution in [0.2, 0.25) is 0 Å². The number of pyridine rings is 1. The van der Waals surface area contributed by atoms with Crippen molar-refractivity contribution in [3.05, 3.63) is 59.9 Å². The van der Waals surface area contributed by atoms with E-state index in [9.17, 15) is 0 Å². The second-order valence-corrected chi connectivity index (χ2v) is 5.93. The minimum atomic E-state index is 0. The Labute approximate surface area is 167 Å². The fraction of sp³-hybridized carbons (Fsp3) is 0.368. The van der Waals surface area contributed by atoms with E-state index in [1.54, 1.807) is 6.20 Å². The van der Waals surface area contributed by atoms with Crippen LogP contribution < -0.4 is 16.0 Å². The van der Waals surface area contributed by atoms with Gasteiger partial charge in [-0.25, -0.2) is 0 Å². The van der Waals surface area contributed by atoms with Gasteiger partial charge in [-0.2, -0.15) is 0 Å². The van der Waals surface area contributed by atoms with Gasteiger partial charge >= 0.3 is 0 Å². The number of anilines is 1. The van der Waals surface area contributed by atoms with Gasteiger partial charge in [0.25, 0.3) is 0 Å². The van der Waals surface area contributed by atoms with Crippen LogP contribution in [0.25, 0.3) is 0 Å². The van der Waals surface area contributed by atoms with Gasteiger partial charge in [0.1, 0.15) is 0 Å². The summed E-state index contributed by atoms with van der Waals surface area (Å²) in [6, 6.07) is 14.6. The number of aryl methyl sites for hydroxylation is 1. The van der Waals surface area contributed by atoms with Crippen molar-refractivity contribution in [2.75, 3.05) is 32.1 Å². The molecule has 0 spiro atoms. The number of hydrogen-bond acceptors (Lipinski definition) is 3. The van der Waals surface area contributed by atoms with E-state index in [2.05, 4.69) is 44.5 Å². The van der Waals surface area contributed by atoms with Crippen molar-refractivity contribution >= 4 is 35.6 Å². The van der Waals surface area contributed by atoms with E-state index in [-0.39, 0.29) is 24.0 Å². The van der Waals surface area contributed by atoms with E-state index in [1.165, 1.54) is 11.3 Å². The number of aromatic nitrogens is 1. The maximum Gasteiger partial charge on any atom is 0.188 e. The quantitative estimate of drug-likeness (QED) is 0.279. The van der Waals surface area contributed by atoms with E-state index < -0.39 is 0 Å². The lowest BCUT2D eigenvalue weighted by Gasteiger charge is -2.12. The number of halogens is 1. The van der Waals surface area contributed by atoms with Gasteiger partial charge in [-0.3, -0.25) is 9.98 Å². The van der Waals surface area contributed by atoms with Crippen LogP contribution >= 0.6 is 24.0 Å². The van der Waals surface area contributed by atoms with Crippen LogP contribution in [0.3, 0.4) is 0 Å². The highest BCUT2D eigenvalue weighted by atomic mass is 127. The fourth-order valence-corrected chi connectivity index (χ4v) is 2.36. The summed E-state index contributed by atoms with van der Waals surface area (Å²) in [5, 5.41) is 3.13. The number of aliphatic imine (C=N–C) groups is 1. The first-order valence-electron chi connectivity index (χ1n) is 8.35. The van der Waals surface area contributed by atoms with Gasteiger partial charge in [0.05, 0.1) is 0 Å². The summed E-state index contributed by atoms with van der Waals surface area (Å²) in [5.41, 5.74) is 9.49. The van der Waals surface area contributed by atoms with Crippen LogP contribution in [0.1, 0.15) is 17.7 Å². The van der Waals surface area contributed by atoms with Gasteiger partial charge in [0.2, 0.25) is 0 Å². The third kappa shape index (κ3) is 8.20. The zero-order chi connectivity index (χ0) is 17.2. The molecule has 0 fully saturated rings. The Morgan fingerprint density at radius 1 is 1.12 bits per heavy atom. The van der Waals surface area contributed by atoms with Gasteiger partial charge in [-0.15, -0.1) is 24.0 Å². The molecule has 1 heterocycles. The average Bonchev–Trinajstić information content (AvgIpc) is 2.60. The topological polar surface area (TPSA) is 66.5 Å². The molecule has 2 aromatic rings. The summed E-state index contributed by atoms with van der Waals surface area (Å²) in [4.78, 5) is 10.8. The molecule has 0 unspecified atom stereocenters. The molecular formula is C19H28IN5. The normalized spacial score (nSPS) is 10.9. The van der Waals surface area contributed by atoms with Crippen molar-refractivity contribution < 1.29 is 0 Å². The SMILES string of the molecule is CN(C)c1ccc(CCCN=C(N)NCCc2ccccn2)cc1.I. The predicted octanol–water partition coefficient (Wildman–Crippen LogP) is 2.85. The van der Waals surface area contributed by atoms with Gasteiger partial charge in [-0.1, -0.05) is 18.2 Å². The second kappa shape index (κ2) is 11.7. The first-order chi connectivity index (χ1) is 11.6. The van der Waals surface area contributed by atoms with Crippen LogP contribution in [-0.4, -0.2) is 38.1 Å². The molecule has 2 rings (SSSR count). The summed E-state index contributed by atoms with van der Waals surface area (Å²) >= 11 is 0. The molecule has 0 aliphatic carbocycles. The van der Waals surface area contributed by atoms with Crippen molar-refractivity contribution in [1.82, 2.24) is 10.3 Å². The van der Waals surface area contributed by atoms with Crippen LogP contribution in [-0.2, 0) is 12.8 Å². The second-order valence-electron chi connectivity index (χ2n) is 5.93. The Bertz CT molecular complexity index is 626. The monoisotopic (exact) mass is 453 g/mol. The number of benzene rings is 1. The Hall–Kier alpha value is -1.83. The van der Waals surface area contributed by atoms with Gasteiger partial charge in [0.15, 0.2) is 5.96 Å². The zero-order valence-electron chi connectivity index (χ0n) is 15.0. The van der Waals surface area contributed by atoms with Gasteiger partial charge < -0.3 is 16.0 Å². The molecule has 136 valence electrons. The highest BCUT2D eigenvalue weighted by Crippen LogP contribution is 2.13. The number of nitrogens with one attached hydrogen (secondary N) is 1. The minimum absolute atomic E-state index is 0. The van der Waals surface area contributed by atoms with Crippen molar-refractivity contribution in [3.8, 4) is 0 Å². The van der Waals surface area contributed by atoms with Crippen LogP contribution in [0, 0.1) is 0 Å². The predicted molar refractivity (Wildman–Crippen MR) is 117 cm³/mol. The molecule has 0 aliphatic heterocycles. The van der Waals surface area contributed by atoms with Crippen molar-refractivity contribution in [3.63, 3.8) is 0 Å². The van der Waals surface area contributed by atoms with Gasteiger partial charge in [-0.05, 0) is 42.7 Å². The lowest BCUT2D eigenvalue weighted by Crippen LogP contribution is -2.33. The summed E-state index contributed by atoms with van der Waals surface area (Å²) in [6.45, 7) is 1.48. The van der Waals surface area contributed by atoms with E-state index >= 15 is 0 Å². The molecule has 0 amide bonds. The van der Waals surface area contributed by atoms with Crippen molar-refractivity contribution in [2.45, 2.75) is 19.3 Å². The molecule has 1 aromatic carbocycles. The smallest absolute Gasteiger partial charge is 0.188 e. The Kier molecular flexibility index (Phi) is 9.91. The van der Waals surface area contributed by atoms with Crippen molar-refractivity contribution in [1.29, 1.82) is 0 Å². The standard InChI is InChI=1S/C19H27N5.HI/c1-24(2)18-10-8-16(9-11-18)6-5-14-22-19(20)23-15-12-17-7-3-4-13-21-17;/h3-4,7-11,13H,5-6,12,14-15H2,1-2H3,(H3,20,22,23);1H. The summed E-state index contributed by atoms with van der Waals surface area (Å²) in [7, 11) is 4.10. The summed E-state index contributed by atoms with van der Waals surface area (Å²) in [6.07, 6.45) is 4.65. The maximum atomic E-state index is 5.88. The molecule has 25 heavy (non-hydrogen) atoms. The molecule has 0 saturated carbocycles. The van der Waals surface area contributed by atoms with E-state index in [0.717, 1.165) is 38.0 Å². The molecule has 0 radical (unpaired) electrons. The molecule has 0 atom stereocenters. The molecule has 0 saturated heterocycles. The first kappa shape index (κ1) is 21.2. The molecule has 5 nitrogen and oxygen atoms in total. The van der Waals surface area contributed by atoms with E-state index in [0.29, 0.717) is 5.96 Å². The van der Waals surface area contributed by atoms with Gasteiger partial charge in [0, 0.05) is 51.2 Å². The maximum absolute atomic E-state index is 5.88. The molecule has 0 bridgehead atoms. The minimum Gasteiger partial charge on any atom is -0.378 e. The van der Waals surface area contributed by atoms with Crippen molar-refractivity contribution in [2.24, 2.45) is 10.7 Å². The largest absolute Gasteiger partial charge is 0.378 e. The van der Waals surface area contributed by atoms with E-state index in [1.807, 2.05) is 32.3 Å². The zero-order valence-corrected chi connectivity index (χ0v) is 17.3. The van der Waals surface area contributed by atoms with Crippen LogP contribution in [0.4, 0.5) is 5.69 Å². The molecule has 6 heteroatoms. The average molecular weight is 453 g/mol. The number of rotatable bonds is 8. The number of nitrogens with zero attached hydrogens (tertiary/aromatic N) is 3. The van der Waals surface area contributed by atoms with E-state index in [4.69, 9.17) is 5.73 Å². The summed E-state index contributed by atoms with van der Waals surface area (Å²) in [5.74, 6) is 0.508. The highest BCUT2D eigenvalue weighted by molar-refractivity contribution is 14.0. The molecule has 1 aromatic heterocycles. The lowest BCUT2D eigenvalue weighted by atomic mass is 10.1. The fourth-order valence-electron chi connectivity index (χ4n) is 2.36. The first-order valence-corrected chi connectivity index (χ1v) is 8.35. The molecular weight excluding hydrogens is 425 g/mol. The highest BCUT2D eigenvalue weighted by Gasteiger charge is 1.98. The number of guanidine groups is 1. The lowest BCUT2D eigenvalue weighted by molar-refractivity contribution is 0.801. The third-order valence-electron chi connectivity index (χ3n) is 3.77. The number of nitrogens with two attached hydrogens (primary N) is 1. The Morgan fingerprint density at radius 2 is 1.88 bits per heavy atom.